The summed E-state index contributed by atoms with van der Waals surface area (Å²) < 4.78 is 6.57. The first-order valence-corrected chi connectivity index (χ1v) is 6.42. The van der Waals surface area contributed by atoms with Crippen molar-refractivity contribution in [2.24, 2.45) is 0 Å². The average Bonchev–Trinajstić information content (AvgIpc) is 2.78. The van der Waals surface area contributed by atoms with Crippen LogP contribution in [-0.4, -0.2) is 11.5 Å². The fourth-order valence-electron chi connectivity index (χ4n) is 1.68. The Balaban J connectivity index is 2.39. The number of hydrogen-bond donors (Lipinski definition) is 1. The minimum atomic E-state index is 0.725. The number of hydrogen-bond acceptors (Lipinski definition) is 3. The lowest BCUT2D eigenvalue weighted by molar-refractivity contribution is 0.569. The minimum Gasteiger partial charge on any atom is -0.443 e. The maximum absolute atomic E-state index is 5.50. The highest BCUT2D eigenvalue weighted by Crippen LogP contribution is 2.32. The number of benzene rings is 1. The fourth-order valence-corrected chi connectivity index (χ4v) is 2.12. The van der Waals surface area contributed by atoms with Gasteiger partial charge in [-0.3, -0.25) is 0 Å². The summed E-state index contributed by atoms with van der Waals surface area (Å²) in [5.74, 6) is 0.835. The third-order valence-corrected chi connectivity index (χ3v) is 3.67. The molecule has 1 aromatic carbocycles. The normalized spacial score (nSPS) is 10.8. The Bertz CT molecular complexity index is 508. The summed E-state index contributed by atoms with van der Waals surface area (Å²) in [5, 5.41) is 3.26. The lowest BCUT2D eigenvalue weighted by Gasteiger charge is -2.06. The Hall–Kier alpha value is -1.13. The number of nitrogens with one attached hydrogen (secondary N) is 1. The van der Waals surface area contributed by atoms with E-state index in [1.165, 1.54) is 12.0 Å². The lowest BCUT2D eigenvalue weighted by atomic mass is 10.1. The number of oxazole rings is 1. The minimum absolute atomic E-state index is 0.725. The molecule has 2 aromatic rings. The Kier molecular flexibility index (Phi) is 3.97. The molecule has 1 heterocycles. The summed E-state index contributed by atoms with van der Waals surface area (Å²) in [7, 11) is 0. The molecule has 0 aliphatic carbocycles. The Morgan fingerprint density at radius 2 is 2.24 bits per heavy atom. The molecular weight excluding hydrogens is 280 g/mol. The van der Waals surface area contributed by atoms with Crippen LogP contribution in [0.3, 0.4) is 0 Å². The molecule has 0 aliphatic heterocycles. The van der Waals surface area contributed by atoms with Crippen LogP contribution in [0, 0.1) is 6.92 Å². The maximum atomic E-state index is 5.50. The molecule has 1 N–H and O–H groups in total. The van der Waals surface area contributed by atoms with E-state index < -0.39 is 0 Å². The lowest BCUT2D eigenvalue weighted by Crippen LogP contribution is -2.12. The molecule has 17 heavy (non-hydrogen) atoms. The van der Waals surface area contributed by atoms with Gasteiger partial charge in [0.15, 0.2) is 12.2 Å². The molecule has 2 rings (SSSR count). The van der Waals surface area contributed by atoms with Gasteiger partial charge in [-0.2, -0.15) is 0 Å². The van der Waals surface area contributed by atoms with Crippen LogP contribution in [0.4, 0.5) is 0 Å². The number of aromatic nitrogens is 1. The first-order chi connectivity index (χ1) is 8.24. The zero-order valence-electron chi connectivity index (χ0n) is 9.96. The van der Waals surface area contributed by atoms with E-state index in [-0.39, 0.29) is 0 Å². The Labute approximate surface area is 109 Å². The van der Waals surface area contributed by atoms with E-state index in [4.69, 9.17) is 4.42 Å². The van der Waals surface area contributed by atoms with Gasteiger partial charge in [0.05, 0.1) is 0 Å². The molecule has 1 aromatic heterocycles. The third-order valence-electron chi connectivity index (χ3n) is 2.62. The second-order valence-corrected chi connectivity index (χ2v) is 4.64. The summed E-state index contributed by atoms with van der Waals surface area (Å²) in [5.41, 5.74) is 3.18. The highest BCUT2D eigenvalue weighted by atomic mass is 79.9. The molecule has 0 bridgehead atoms. The van der Waals surface area contributed by atoms with E-state index in [1.807, 2.05) is 12.1 Å². The predicted octanol–water partition coefficient (Wildman–Crippen LogP) is 3.52. The predicted molar refractivity (Wildman–Crippen MR) is 71.8 cm³/mol. The van der Waals surface area contributed by atoms with Crippen molar-refractivity contribution in [1.82, 2.24) is 10.3 Å². The zero-order valence-corrected chi connectivity index (χ0v) is 11.5. The second kappa shape index (κ2) is 5.47. The van der Waals surface area contributed by atoms with Gasteiger partial charge >= 0.3 is 0 Å². The van der Waals surface area contributed by atoms with Gasteiger partial charge in [-0.15, -0.1) is 0 Å². The van der Waals surface area contributed by atoms with Gasteiger partial charge in [-0.05, 0) is 35.0 Å². The maximum Gasteiger partial charge on any atom is 0.181 e. The smallest absolute Gasteiger partial charge is 0.181 e. The van der Waals surface area contributed by atoms with Crippen molar-refractivity contribution < 1.29 is 4.42 Å². The van der Waals surface area contributed by atoms with Gasteiger partial charge in [-0.1, -0.05) is 25.1 Å². The van der Waals surface area contributed by atoms with E-state index in [9.17, 15) is 0 Å². The van der Waals surface area contributed by atoms with Gasteiger partial charge in [0, 0.05) is 16.6 Å². The van der Waals surface area contributed by atoms with E-state index in [1.54, 1.807) is 0 Å². The molecule has 0 aliphatic rings. The van der Waals surface area contributed by atoms with E-state index in [0.29, 0.717) is 0 Å². The molecule has 90 valence electrons. The van der Waals surface area contributed by atoms with Crippen LogP contribution >= 0.6 is 15.9 Å². The molecule has 0 atom stereocenters. The monoisotopic (exact) mass is 294 g/mol. The topological polar surface area (TPSA) is 38.1 Å². The summed E-state index contributed by atoms with van der Waals surface area (Å²) in [6.45, 7) is 5.78. The van der Waals surface area contributed by atoms with Crippen LogP contribution in [0.1, 0.15) is 18.2 Å². The van der Waals surface area contributed by atoms with Crippen LogP contribution < -0.4 is 5.32 Å². The quantitative estimate of drug-likeness (QED) is 0.937. The SMILES string of the molecule is CCNCc1ncoc1-c1cccc(C)c1Br. The standard InChI is InChI=1S/C13H15BrN2O/c1-3-15-7-11-13(17-8-16-11)10-6-4-5-9(2)12(10)14/h4-6,8,15H,3,7H2,1-2H3. The van der Waals surface area contributed by atoms with E-state index in [0.717, 1.165) is 34.6 Å². The van der Waals surface area contributed by atoms with Crippen LogP contribution in [0.5, 0.6) is 0 Å². The molecule has 0 saturated carbocycles. The molecule has 0 amide bonds. The molecular formula is C13H15BrN2O. The largest absolute Gasteiger partial charge is 0.443 e. The van der Waals surface area contributed by atoms with E-state index in [2.05, 4.69) is 46.1 Å². The van der Waals surface area contributed by atoms with Crippen molar-refractivity contribution in [3.63, 3.8) is 0 Å². The summed E-state index contributed by atoms with van der Waals surface area (Å²) in [6, 6.07) is 6.12. The summed E-state index contributed by atoms with van der Waals surface area (Å²) >= 11 is 3.60. The fraction of sp³-hybridized carbons (Fsp3) is 0.308. The number of rotatable bonds is 4. The van der Waals surface area contributed by atoms with Crippen molar-refractivity contribution in [2.45, 2.75) is 20.4 Å². The first-order valence-electron chi connectivity index (χ1n) is 5.62. The molecule has 0 saturated heterocycles. The molecule has 0 spiro atoms. The summed E-state index contributed by atoms with van der Waals surface area (Å²) in [4.78, 5) is 4.25. The zero-order chi connectivity index (χ0) is 12.3. The van der Waals surface area contributed by atoms with Crippen LogP contribution in [0.2, 0.25) is 0 Å². The molecule has 0 radical (unpaired) electrons. The summed E-state index contributed by atoms with van der Waals surface area (Å²) in [6.07, 6.45) is 1.50. The van der Waals surface area contributed by atoms with Gasteiger partial charge < -0.3 is 9.73 Å². The van der Waals surface area contributed by atoms with Gasteiger partial charge in [0.25, 0.3) is 0 Å². The molecule has 4 heteroatoms. The van der Waals surface area contributed by atoms with Crippen LogP contribution in [-0.2, 0) is 6.54 Å². The third kappa shape index (κ3) is 2.58. The Morgan fingerprint density at radius 1 is 1.41 bits per heavy atom. The van der Waals surface area contributed by atoms with Crippen LogP contribution in [0.25, 0.3) is 11.3 Å². The van der Waals surface area contributed by atoms with Crippen molar-refractivity contribution >= 4 is 15.9 Å². The number of nitrogens with zero attached hydrogens (tertiary/aromatic N) is 1. The average molecular weight is 295 g/mol. The second-order valence-electron chi connectivity index (χ2n) is 3.84. The number of halogens is 1. The Morgan fingerprint density at radius 3 is 3.00 bits per heavy atom. The van der Waals surface area contributed by atoms with Crippen molar-refractivity contribution in [1.29, 1.82) is 0 Å². The van der Waals surface area contributed by atoms with Crippen molar-refractivity contribution in [3.05, 3.63) is 40.3 Å². The molecule has 3 nitrogen and oxygen atoms in total. The van der Waals surface area contributed by atoms with Crippen LogP contribution in [0.15, 0.2) is 33.5 Å². The van der Waals surface area contributed by atoms with Crippen molar-refractivity contribution in [2.75, 3.05) is 6.54 Å². The first kappa shape index (κ1) is 12.3. The molecule has 0 fully saturated rings. The highest BCUT2D eigenvalue weighted by molar-refractivity contribution is 9.10. The van der Waals surface area contributed by atoms with Crippen molar-refractivity contribution in [3.8, 4) is 11.3 Å². The van der Waals surface area contributed by atoms with Gasteiger partial charge in [0.2, 0.25) is 0 Å². The van der Waals surface area contributed by atoms with E-state index >= 15 is 0 Å². The molecule has 0 unspecified atom stereocenters. The van der Waals surface area contributed by atoms with Gasteiger partial charge in [0.1, 0.15) is 5.69 Å². The highest BCUT2D eigenvalue weighted by Gasteiger charge is 2.13. The van der Waals surface area contributed by atoms with Gasteiger partial charge in [-0.25, -0.2) is 4.98 Å². The number of aryl methyl sites for hydroxylation is 1.